The summed E-state index contributed by atoms with van der Waals surface area (Å²) >= 11 is 4.07. The van der Waals surface area contributed by atoms with Crippen molar-refractivity contribution in [3.63, 3.8) is 0 Å². The van der Waals surface area contributed by atoms with Gasteiger partial charge in [-0.3, -0.25) is 4.79 Å². The van der Waals surface area contributed by atoms with Crippen molar-refractivity contribution >= 4 is 18.5 Å². The van der Waals surface area contributed by atoms with Crippen molar-refractivity contribution < 1.29 is 4.79 Å². The number of hydrogen-bond acceptors (Lipinski definition) is 4. The number of aromatic nitrogens is 3. The van der Waals surface area contributed by atoms with Gasteiger partial charge in [0.05, 0.1) is 5.69 Å². The molecule has 0 aliphatic heterocycles. The number of rotatable bonds is 5. The lowest BCUT2D eigenvalue weighted by Crippen LogP contribution is -2.26. The molecule has 0 atom stereocenters. The van der Waals surface area contributed by atoms with E-state index < -0.39 is 0 Å². The number of thiol groups is 1. The van der Waals surface area contributed by atoms with E-state index in [0.29, 0.717) is 18.2 Å². The van der Waals surface area contributed by atoms with Crippen LogP contribution < -0.4 is 5.32 Å². The second kappa shape index (κ2) is 5.66. The van der Waals surface area contributed by atoms with Gasteiger partial charge in [-0.05, 0) is 25.0 Å². The predicted molar refractivity (Wildman–Crippen MR) is 79.5 cm³/mol. The lowest BCUT2D eigenvalue weighted by Gasteiger charge is -2.03. The Kier molecular flexibility index (Phi) is 3.73. The molecule has 6 heteroatoms. The van der Waals surface area contributed by atoms with Gasteiger partial charge < -0.3 is 5.32 Å². The molecule has 2 aromatic rings. The first kappa shape index (κ1) is 13.2. The van der Waals surface area contributed by atoms with Crippen molar-refractivity contribution in [1.29, 1.82) is 0 Å². The van der Waals surface area contributed by atoms with Gasteiger partial charge >= 0.3 is 0 Å². The maximum atomic E-state index is 12.0. The van der Waals surface area contributed by atoms with E-state index in [0.717, 1.165) is 24.4 Å². The molecule has 0 saturated heterocycles. The first-order valence-corrected chi connectivity index (χ1v) is 7.34. The summed E-state index contributed by atoms with van der Waals surface area (Å²) < 4.78 is 1.78. The summed E-state index contributed by atoms with van der Waals surface area (Å²) in [5, 5.41) is 7.11. The molecular formula is C14H16N4OS. The Morgan fingerprint density at radius 3 is 2.75 bits per heavy atom. The molecule has 1 saturated carbocycles. The normalized spacial score (nSPS) is 14.2. The Morgan fingerprint density at radius 2 is 2.10 bits per heavy atom. The van der Waals surface area contributed by atoms with E-state index in [1.807, 2.05) is 30.3 Å². The van der Waals surface area contributed by atoms with Gasteiger partial charge in [0.15, 0.2) is 0 Å². The van der Waals surface area contributed by atoms with E-state index in [-0.39, 0.29) is 11.7 Å². The Bertz CT molecular complexity index is 607. The number of carbonyl (C=O) groups excluding carboxylic acids is 1. The van der Waals surface area contributed by atoms with Crippen molar-refractivity contribution in [2.24, 2.45) is 0 Å². The monoisotopic (exact) mass is 288 g/mol. The second-order valence-corrected chi connectivity index (χ2v) is 5.24. The number of nitrogens with one attached hydrogen (secondary N) is 1. The van der Waals surface area contributed by atoms with Crippen LogP contribution in [-0.2, 0) is 0 Å². The molecule has 1 heterocycles. The largest absolute Gasteiger partial charge is 0.348 e. The van der Waals surface area contributed by atoms with Crippen LogP contribution in [0.15, 0.2) is 30.3 Å². The van der Waals surface area contributed by atoms with Crippen LogP contribution in [0.5, 0.6) is 0 Å². The van der Waals surface area contributed by atoms with E-state index in [9.17, 15) is 4.79 Å². The van der Waals surface area contributed by atoms with E-state index in [4.69, 9.17) is 0 Å². The summed E-state index contributed by atoms with van der Waals surface area (Å²) in [7, 11) is 0. The van der Waals surface area contributed by atoms with Crippen molar-refractivity contribution in [3.8, 4) is 5.69 Å². The minimum atomic E-state index is -0.240. The van der Waals surface area contributed by atoms with Crippen molar-refractivity contribution in [2.75, 3.05) is 12.3 Å². The maximum absolute atomic E-state index is 12.0. The van der Waals surface area contributed by atoms with Gasteiger partial charge in [-0.25, -0.2) is 9.67 Å². The molecule has 5 nitrogen and oxygen atoms in total. The zero-order valence-electron chi connectivity index (χ0n) is 11.0. The zero-order chi connectivity index (χ0) is 13.9. The first-order chi connectivity index (χ1) is 9.79. The molecule has 1 aromatic heterocycles. The summed E-state index contributed by atoms with van der Waals surface area (Å²) in [5.41, 5.74) is 0.940. The number of nitrogens with zero attached hydrogens (tertiary/aromatic N) is 3. The van der Waals surface area contributed by atoms with Gasteiger partial charge in [0.2, 0.25) is 5.82 Å². The van der Waals surface area contributed by atoms with Gasteiger partial charge in [0.1, 0.15) is 5.82 Å². The Morgan fingerprint density at radius 1 is 1.35 bits per heavy atom. The minimum Gasteiger partial charge on any atom is -0.348 e. The average molecular weight is 288 g/mol. The standard InChI is InChI=1S/C14H16N4OS/c19-14(15-8-9-20)12-16-13(10-6-7-10)18(17-12)11-4-2-1-3-5-11/h1-5,10,20H,6-9H2,(H,15,19). The molecule has 0 bridgehead atoms. The van der Waals surface area contributed by atoms with E-state index >= 15 is 0 Å². The van der Waals surface area contributed by atoms with Crippen LogP contribution in [0.1, 0.15) is 35.2 Å². The number of hydrogen-bond donors (Lipinski definition) is 2. The van der Waals surface area contributed by atoms with Crippen LogP contribution in [0.4, 0.5) is 0 Å². The molecular weight excluding hydrogens is 272 g/mol. The van der Waals surface area contributed by atoms with Gasteiger partial charge in [-0.15, -0.1) is 5.10 Å². The lowest BCUT2D eigenvalue weighted by atomic mass is 10.3. The van der Waals surface area contributed by atoms with Crippen LogP contribution in [0.3, 0.4) is 0 Å². The fourth-order valence-corrected chi connectivity index (χ4v) is 2.15. The van der Waals surface area contributed by atoms with Gasteiger partial charge in [-0.2, -0.15) is 12.6 Å². The van der Waals surface area contributed by atoms with E-state index in [1.54, 1.807) is 4.68 Å². The molecule has 104 valence electrons. The number of benzene rings is 1. The fraction of sp³-hybridized carbons (Fsp3) is 0.357. The molecule has 20 heavy (non-hydrogen) atoms. The molecule has 1 aromatic carbocycles. The van der Waals surface area contributed by atoms with E-state index in [2.05, 4.69) is 28.0 Å². The minimum absolute atomic E-state index is 0.234. The Labute approximate surface area is 122 Å². The molecule has 1 aliphatic rings. The Hall–Kier alpha value is -1.82. The molecule has 1 N–H and O–H groups in total. The highest BCUT2D eigenvalue weighted by Crippen LogP contribution is 2.39. The summed E-state index contributed by atoms with van der Waals surface area (Å²) in [6.07, 6.45) is 2.23. The fourth-order valence-electron chi connectivity index (χ4n) is 2.03. The van der Waals surface area contributed by atoms with Crippen molar-refractivity contribution in [1.82, 2.24) is 20.1 Å². The maximum Gasteiger partial charge on any atom is 0.291 e. The number of amides is 1. The van der Waals surface area contributed by atoms with Crippen LogP contribution in [0.25, 0.3) is 5.69 Å². The molecule has 0 radical (unpaired) electrons. The first-order valence-electron chi connectivity index (χ1n) is 6.71. The third-order valence-corrected chi connectivity index (χ3v) is 3.40. The molecule has 1 amide bonds. The highest BCUT2D eigenvalue weighted by Gasteiger charge is 2.31. The summed E-state index contributed by atoms with van der Waals surface area (Å²) in [6, 6.07) is 9.80. The summed E-state index contributed by atoms with van der Waals surface area (Å²) in [5.74, 6) is 1.90. The summed E-state index contributed by atoms with van der Waals surface area (Å²) in [4.78, 5) is 16.4. The molecule has 0 spiro atoms. The van der Waals surface area contributed by atoms with Crippen LogP contribution in [0.2, 0.25) is 0 Å². The topological polar surface area (TPSA) is 59.8 Å². The summed E-state index contributed by atoms with van der Waals surface area (Å²) in [6.45, 7) is 0.514. The van der Waals surface area contributed by atoms with Crippen molar-refractivity contribution in [3.05, 3.63) is 42.0 Å². The quantitative estimate of drug-likeness (QED) is 0.825. The van der Waals surface area contributed by atoms with Crippen LogP contribution in [-0.4, -0.2) is 33.0 Å². The third-order valence-electron chi connectivity index (χ3n) is 3.18. The molecule has 0 unspecified atom stereocenters. The van der Waals surface area contributed by atoms with Crippen LogP contribution >= 0.6 is 12.6 Å². The number of para-hydroxylation sites is 1. The zero-order valence-corrected chi connectivity index (χ0v) is 11.9. The second-order valence-electron chi connectivity index (χ2n) is 4.79. The van der Waals surface area contributed by atoms with Crippen molar-refractivity contribution in [2.45, 2.75) is 18.8 Å². The molecule has 3 rings (SSSR count). The Balaban J connectivity index is 1.93. The van der Waals surface area contributed by atoms with Crippen LogP contribution in [0, 0.1) is 0 Å². The highest BCUT2D eigenvalue weighted by molar-refractivity contribution is 7.80. The lowest BCUT2D eigenvalue weighted by molar-refractivity contribution is 0.0946. The van der Waals surface area contributed by atoms with Gasteiger partial charge in [0.25, 0.3) is 5.91 Å². The third kappa shape index (κ3) is 2.70. The van der Waals surface area contributed by atoms with Gasteiger partial charge in [0, 0.05) is 18.2 Å². The SMILES string of the molecule is O=C(NCCS)c1nc(C2CC2)n(-c2ccccc2)n1. The predicted octanol–water partition coefficient (Wildman–Crippen LogP) is 1.80. The molecule has 1 fully saturated rings. The highest BCUT2D eigenvalue weighted by atomic mass is 32.1. The van der Waals surface area contributed by atoms with E-state index in [1.165, 1.54) is 0 Å². The smallest absolute Gasteiger partial charge is 0.291 e. The average Bonchev–Trinajstić information content (AvgIpc) is 3.24. The van der Waals surface area contributed by atoms with Gasteiger partial charge in [-0.1, -0.05) is 18.2 Å². The number of carbonyl (C=O) groups is 1. The molecule has 1 aliphatic carbocycles.